The summed E-state index contributed by atoms with van der Waals surface area (Å²) in [5.74, 6) is 3.01. The summed E-state index contributed by atoms with van der Waals surface area (Å²) in [6.45, 7) is 10.00. The van der Waals surface area contributed by atoms with Crippen LogP contribution in [-0.2, 0) is 4.74 Å². The Hall–Kier alpha value is -3.67. The van der Waals surface area contributed by atoms with Crippen molar-refractivity contribution in [2.45, 2.75) is 39.2 Å². The van der Waals surface area contributed by atoms with Crippen LogP contribution < -0.4 is 20.4 Å². The van der Waals surface area contributed by atoms with Crippen molar-refractivity contribution in [3.05, 3.63) is 24.5 Å². The fourth-order valence-corrected chi connectivity index (χ4v) is 4.98. The molecule has 204 valence electrons. The predicted molar refractivity (Wildman–Crippen MR) is 148 cm³/mol. The second-order valence-electron chi connectivity index (χ2n) is 10.1. The number of pyridine rings is 1. The van der Waals surface area contributed by atoms with E-state index in [1.807, 2.05) is 34.1 Å². The number of aromatic nitrogens is 5. The zero-order chi connectivity index (χ0) is 26.5. The lowest BCUT2D eigenvalue weighted by Gasteiger charge is -2.25. The van der Waals surface area contributed by atoms with E-state index in [-0.39, 0.29) is 12.1 Å². The van der Waals surface area contributed by atoms with E-state index in [0.29, 0.717) is 44.4 Å². The highest BCUT2D eigenvalue weighted by Gasteiger charge is 2.23. The van der Waals surface area contributed by atoms with Gasteiger partial charge in [0.25, 0.3) is 0 Å². The van der Waals surface area contributed by atoms with Crippen LogP contribution in [-0.4, -0.2) is 95.2 Å². The fourth-order valence-electron chi connectivity index (χ4n) is 4.98. The fraction of sp³-hybridized carbons (Fsp3) is 0.577. The smallest absolute Gasteiger partial charge is 0.317 e. The number of nitrogens with one attached hydrogen (secondary N) is 2. The van der Waals surface area contributed by atoms with Crippen LogP contribution in [0.25, 0.3) is 10.9 Å². The maximum absolute atomic E-state index is 12.6. The first-order valence-corrected chi connectivity index (χ1v) is 13.5. The van der Waals surface area contributed by atoms with Gasteiger partial charge < -0.3 is 30.1 Å². The third kappa shape index (κ3) is 5.90. The minimum Gasteiger partial charge on any atom is -0.383 e. The SMILES string of the molecule is COCCNC(=O)N1CCCN(c2cc(Nc3cc4c(cn3)cnn4C(C)C)nc(N3CCCC3)n2)CC1. The van der Waals surface area contributed by atoms with E-state index < -0.39 is 0 Å². The molecule has 2 saturated heterocycles. The van der Waals surface area contributed by atoms with Gasteiger partial charge in [-0.05, 0) is 33.1 Å². The number of carbonyl (C=O) groups excluding carboxylic acids is 1. The molecule has 3 aromatic heterocycles. The van der Waals surface area contributed by atoms with Crippen molar-refractivity contribution in [1.82, 2.24) is 34.9 Å². The molecule has 2 aliphatic rings. The number of nitrogens with zero attached hydrogens (tertiary/aromatic N) is 8. The van der Waals surface area contributed by atoms with Gasteiger partial charge in [0.2, 0.25) is 5.95 Å². The summed E-state index contributed by atoms with van der Waals surface area (Å²) < 4.78 is 7.04. The Balaban J connectivity index is 1.37. The molecule has 2 fully saturated rings. The summed E-state index contributed by atoms with van der Waals surface area (Å²) in [5, 5.41) is 11.9. The Morgan fingerprint density at radius 3 is 2.58 bits per heavy atom. The van der Waals surface area contributed by atoms with Crippen molar-refractivity contribution in [2.75, 3.05) is 74.6 Å². The van der Waals surface area contributed by atoms with Crippen LogP contribution in [0.1, 0.15) is 39.2 Å². The van der Waals surface area contributed by atoms with Crippen LogP contribution in [0.5, 0.6) is 0 Å². The standard InChI is InChI=1S/C26H38N10O2/c1-19(2)36-21-15-22(28-17-20(21)18-29-36)30-23-16-24(32-25(31-23)34-8-4-5-9-34)33-10-6-11-35(13-12-33)26(37)27-7-14-38-3/h15-19H,4-14H2,1-3H3,(H,27,37)(H,28,30,31,32). The highest BCUT2D eigenvalue weighted by atomic mass is 16.5. The van der Waals surface area contributed by atoms with Gasteiger partial charge in [-0.15, -0.1) is 0 Å². The average Bonchev–Trinajstić information content (AvgIpc) is 3.53. The lowest BCUT2D eigenvalue weighted by atomic mass is 10.3. The van der Waals surface area contributed by atoms with E-state index in [1.54, 1.807) is 7.11 Å². The number of hydrogen-bond donors (Lipinski definition) is 2. The minimum absolute atomic E-state index is 0.0474. The zero-order valence-corrected chi connectivity index (χ0v) is 22.6. The molecule has 0 bridgehead atoms. The summed E-state index contributed by atoms with van der Waals surface area (Å²) in [7, 11) is 1.63. The lowest BCUT2D eigenvalue weighted by Crippen LogP contribution is -2.43. The van der Waals surface area contributed by atoms with Crippen LogP contribution >= 0.6 is 0 Å². The molecule has 0 spiro atoms. The van der Waals surface area contributed by atoms with Gasteiger partial charge in [0.15, 0.2) is 0 Å². The van der Waals surface area contributed by atoms with Gasteiger partial charge in [0.1, 0.15) is 17.5 Å². The maximum atomic E-state index is 12.6. The Morgan fingerprint density at radius 1 is 0.974 bits per heavy atom. The molecule has 3 aromatic rings. The molecule has 12 heteroatoms. The number of hydrogen-bond acceptors (Lipinski definition) is 9. The lowest BCUT2D eigenvalue weighted by molar-refractivity contribution is 0.181. The summed E-state index contributed by atoms with van der Waals surface area (Å²) in [6.07, 6.45) is 6.84. The molecule has 5 rings (SSSR count). The molecule has 5 heterocycles. The Morgan fingerprint density at radius 2 is 1.79 bits per heavy atom. The molecular formula is C26H38N10O2. The maximum Gasteiger partial charge on any atom is 0.317 e. The van der Waals surface area contributed by atoms with E-state index in [9.17, 15) is 4.79 Å². The molecule has 2 amide bonds. The molecule has 0 saturated carbocycles. The molecule has 38 heavy (non-hydrogen) atoms. The molecule has 0 atom stereocenters. The summed E-state index contributed by atoms with van der Waals surface area (Å²) in [6, 6.07) is 4.21. The summed E-state index contributed by atoms with van der Waals surface area (Å²) in [4.78, 5) is 33.4. The second kappa shape index (κ2) is 11.8. The quantitative estimate of drug-likeness (QED) is 0.431. The number of methoxy groups -OCH3 is 1. The largest absolute Gasteiger partial charge is 0.383 e. The molecule has 0 radical (unpaired) electrons. The average molecular weight is 523 g/mol. The van der Waals surface area contributed by atoms with E-state index in [1.165, 1.54) is 0 Å². The number of urea groups is 1. The topological polar surface area (TPSA) is 117 Å². The first-order chi connectivity index (χ1) is 18.5. The zero-order valence-electron chi connectivity index (χ0n) is 22.6. The monoisotopic (exact) mass is 522 g/mol. The number of rotatable bonds is 8. The molecule has 2 N–H and O–H groups in total. The Labute approximate surface area is 223 Å². The van der Waals surface area contributed by atoms with Gasteiger partial charge in [-0.2, -0.15) is 15.1 Å². The predicted octanol–water partition coefficient (Wildman–Crippen LogP) is 3.01. The van der Waals surface area contributed by atoms with E-state index in [2.05, 4.69) is 44.4 Å². The summed E-state index contributed by atoms with van der Waals surface area (Å²) >= 11 is 0. The number of carbonyl (C=O) groups is 1. The highest BCUT2D eigenvalue weighted by Crippen LogP contribution is 2.27. The molecule has 2 aliphatic heterocycles. The van der Waals surface area contributed by atoms with E-state index in [4.69, 9.17) is 14.7 Å². The van der Waals surface area contributed by atoms with Crippen molar-refractivity contribution in [3.63, 3.8) is 0 Å². The normalized spacial score (nSPS) is 16.4. The van der Waals surface area contributed by atoms with Gasteiger partial charge in [-0.3, -0.25) is 4.68 Å². The Bertz CT molecular complexity index is 1240. The number of ether oxygens (including phenoxy) is 1. The first kappa shape index (κ1) is 26.0. The van der Waals surface area contributed by atoms with Gasteiger partial charge >= 0.3 is 6.03 Å². The number of amides is 2. The first-order valence-electron chi connectivity index (χ1n) is 13.5. The van der Waals surface area contributed by atoms with Gasteiger partial charge in [-0.25, -0.2) is 9.78 Å². The highest BCUT2D eigenvalue weighted by molar-refractivity contribution is 5.81. The third-order valence-corrected chi connectivity index (χ3v) is 7.00. The van der Waals surface area contributed by atoms with Crippen LogP contribution in [0.2, 0.25) is 0 Å². The van der Waals surface area contributed by atoms with Gasteiger partial charge in [0.05, 0.1) is 18.3 Å². The minimum atomic E-state index is -0.0474. The Kier molecular flexibility index (Phi) is 8.06. The van der Waals surface area contributed by atoms with Gasteiger partial charge in [-0.1, -0.05) is 0 Å². The molecule has 12 nitrogen and oxygen atoms in total. The molecule has 0 aromatic carbocycles. The summed E-state index contributed by atoms with van der Waals surface area (Å²) in [5.41, 5.74) is 1.03. The van der Waals surface area contributed by atoms with Gasteiger partial charge in [0, 0.05) is 82.7 Å². The third-order valence-electron chi connectivity index (χ3n) is 7.00. The second-order valence-corrected chi connectivity index (χ2v) is 10.1. The van der Waals surface area contributed by atoms with Crippen LogP contribution in [0.15, 0.2) is 24.5 Å². The molecule has 0 unspecified atom stereocenters. The van der Waals surface area contributed by atoms with Crippen LogP contribution in [0, 0.1) is 0 Å². The van der Waals surface area contributed by atoms with E-state index >= 15 is 0 Å². The van der Waals surface area contributed by atoms with Crippen molar-refractivity contribution in [2.24, 2.45) is 0 Å². The molecular weight excluding hydrogens is 484 g/mol. The van der Waals surface area contributed by atoms with Crippen LogP contribution in [0.4, 0.5) is 28.2 Å². The van der Waals surface area contributed by atoms with Crippen molar-refractivity contribution in [3.8, 4) is 0 Å². The number of anilines is 4. The number of fused-ring (bicyclic) bond motifs is 1. The van der Waals surface area contributed by atoms with Crippen molar-refractivity contribution < 1.29 is 9.53 Å². The van der Waals surface area contributed by atoms with Crippen LogP contribution in [0.3, 0.4) is 0 Å². The van der Waals surface area contributed by atoms with Crippen molar-refractivity contribution in [1.29, 1.82) is 0 Å². The molecule has 0 aliphatic carbocycles. The van der Waals surface area contributed by atoms with E-state index in [0.717, 1.165) is 61.6 Å². The van der Waals surface area contributed by atoms with Crippen molar-refractivity contribution >= 4 is 40.3 Å².